The molecule has 0 bridgehead atoms. The van der Waals surface area contributed by atoms with Gasteiger partial charge in [-0.05, 0) is 24.1 Å². The minimum atomic E-state index is -3.11. The molecule has 5 heteroatoms. The van der Waals surface area contributed by atoms with E-state index in [9.17, 15) is 8.42 Å². The highest BCUT2D eigenvalue weighted by Gasteiger charge is 2.28. The van der Waals surface area contributed by atoms with Gasteiger partial charge in [-0.25, -0.2) is 8.42 Å². The maximum absolute atomic E-state index is 11.6. The van der Waals surface area contributed by atoms with Crippen LogP contribution in [0.25, 0.3) is 0 Å². The summed E-state index contributed by atoms with van der Waals surface area (Å²) in [7, 11) is -3.11. The summed E-state index contributed by atoms with van der Waals surface area (Å²) in [6.07, 6.45) is 0.672. The molecule has 4 nitrogen and oxygen atoms in total. The third-order valence-corrected chi connectivity index (χ3v) is 4.35. The van der Waals surface area contributed by atoms with Crippen LogP contribution < -0.4 is 4.31 Å². The van der Waals surface area contributed by atoms with Crippen LogP contribution in [0.3, 0.4) is 0 Å². The number of anilines is 1. The summed E-state index contributed by atoms with van der Waals surface area (Å²) in [6.45, 7) is 0.471. The predicted molar refractivity (Wildman–Crippen MR) is 58.1 cm³/mol. The van der Waals surface area contributed by atoms with Crippen LogP contribution in [0.1, 0.15) is 12.0 Å². The number of sulfonamides is 1. The first-order valence-electron chi connectivity index (χ1n) is 4.84. The molecule has 1 aromatic rings. The molecule has 1 aromatic carbocycles. The number of benzene rings is 1. The van der Waals surface area contributed by atoms with Crippen molar-refractivity contribution in [3.8, 4) is 0 Å². The van der Waals surface area contributed by atoms with Crippen LogP contribution in [0.4, 0.5) is 5.69 Å². The first kappa shape index (κ1) is 10.4. The minimum Gasteiger partial charge on any atom is -0.392 e. The maximum atomic E-state index is 11.6. The van der Waals surface area contributed by atoms with Crippen molar-refractivity contribution in [2.24, 2.45) is 0 Å². The predicted octanol–water partition coefficient (Wildman–Crippen LogP) is 0.719. The fraction of sp³-hybridized carbons (Fsp3) is 0.400. The van der Waals surface area contributed by atoms with Gasteiger partial charge < -0.3 is 5.11 Å². The zero-order valence-electron chi connectivity index (χ0n) is 8.26. The average Bonchev–Trinajstić information content (AvgIpc) is 2.58. The summed E-state index contributed by atoms with van der Waals surface area (Å²) in [5.41, 5.74) is 1.38. The second-order valence-corrected chi connectivity index (χ2v) is 5.58. The lowest BCUT2D eigenvalue weighted by molar-refractivity contribution is 0.282. The van der Waals surface area contributed by atoms with E-state index in [1.165, 1.54) is 4.31 Å². The van der Waals surface area contributed by atoms with Gasteiger partial charge in [-0.2, -0.15) is 0 Å². The second kappa shape index (κ2) is 3.83. The summed E-state index contributed by atoms with van der Waals surface area (Å²) < 4.78 is 24.7. The van der Waals surface area contributed by atoms with Crippen molar-refractivity contribution in [2.75, 3.05) is 16.6 Å². The average molecular weight is 227 g/mol. The molecule has 1 fully saturated rings. The maximum Gasteiger partial charge on any atom is 0.235 e. The number of hydrogen-bond acceptors (Lipinski definition) is 3. The lowest BCUT2D eigenvalue weighted by atomic mass is 10.2. The fourth-order valence-electron chi connectivity index (χ4n) is 1.74. The largest absolute Gasteiger partial charge is 0.392 e. The quantitative estimate of drug-likeness (QED) is 0.810. The van der Waals surface area contributed by atoms with E-state index in [1.807, 2.05) is 0 Å². The molecular formula is C10H13NO3S. The van der Waals surface area contributed by atoms with Gasteiger partial charge in [0, 0.05) is 6.54 Å². The Balaban J connectivity index is 2.37. The zero-order chi connectivity index (χ0) is 10.9. The Morgan fingerprint density at radius 3 is 2.80 bits per heavy atom. The van der Waals surface area contributed by atoms with Crippen LogP contribution in [0.15, 0.2) is 24.3 Å². The Kier molecular flexibility index (Phi) is 2.67. The molecule has 0 atom stereocenters. The molecule has 1 aliphatic heterocycles. The van der Waals surface area contributed by atoms with Gasteiger partial charge in [-0.3, -0.25) is 4.31 Å². The molecule has 0 amide bonds. The van der Waals surface area contributed by atoms with E-state index in [4.69, 9.17) is 5.11 Å². The summed E-state index contributed by atoms with van der Waals surface area (Å²) in [5.74, 6) is 0.219. The molecule has 1 heterocycles. The van der Waals surface area contributed by atoms with Crippen molar-refractivity contribution in [2.45, 2.75) is 13.0 Å². The van der Waals surface area contributed by atoms with E-state index in [2.05, 4.69) is 0 Å². The van der Waals surface area contributed by atoms with Crippen LogP contribution >= 0.6 is 0 Å². The van der Waals surface area contributed by atoms with Gasteiger partial charge in [-0.1, -0.05) is 12.1 Å². The smallest absolute Gasteiger partial charge is 0.235 e. The summed E-state index contributed by atoms with van der Waals surface area (Å²) in [4.78, 5) is 0. The standard InChI is InChI=1S/C10H13NO3S/c12-8-9-3-1-4-10(7-9)11-5-2-6-15(11,13)14/h1,3-4,7,12H,2,5-6,8H2. The molecule has 1 N–H and O–H groups in total. The van der Waals surface area contributed by atoms with Gasteiger partial charge in [-0.15, -0.1) is 0 Å². The molecular weight excluding hydrogens is 214 g/mol. The van der Waals surface area contributed by atoms with Crippen LogP contribution in [0, 0.1) is 0 Å². The molecule has 0 unspecified atom stereocenters. The third-order valence-electron chi connectivity index (χ3n) is 2.48. The Labute approximate surface area is 89.2 Å². The lowest BCUT2D eigenvalue weighted by Crippen LogP contribution is -2.25. The van der Waals surface area contributed by atoms with Crippen LogP contribution in [-0.2, 0) is 16.6 Å². The van der Waals surface area contributed by atoms with E-state index < -0.39 is 10.0 Å². The Morgan fingerprint density at radius 1 is 1.40 bits per heavy atom. The van der Waals surface area contributed by atoms with Gasteiger partial charge in [0.05, 0.1) is 18.0 Å². The van der Waals surface area contributed by atoms with Gasteiger partial charge in [0.15, 0.2) is 0 Å². The monoisotopic (exact) mass is 227 g/mol. The van der Waals surface area contributed by atoms with Crippen molar-refractivity contribution in [3.63, 3.8) is 0 Å². The molecule has 82 valence electrons. The van der Waals surface area contributed by atoms with E-state index in [0.717, 1.165) is 5.56 Å². The SMILES string of the molecule is O=S1(=O)CCCN1c1cccc(CO)c1. The van der Waals surface area contributed by atoms with E-state index in [0.29, 0.717) is 18.7 Å². The molecule has 15 heavy (non-hydrogen) atoms. The highest BCUT2D eigenvalue weighted by molar-refractivity contribution is 7.93. The van der Waals surface area contributed by atoms with E-state index in [-0.39, 0.29) is 12.4 Å². The molecule has 0 radical (unpaired) electrons. The van der Waals surface area contributed by atoms with Crippen LogP contribution in [0.5, 0.6) is 0 Å². The van der Waals surface area contributed by atoms with Crippen molar-refractivity contribution in [1.82, 2.24) is 0 Å². The van der Waals surface area contributed by atoms with Crippen LogP contribution in [-0.4, -0.2) is 25.8 Å². The lowest BCUT2D eigenvalue weighted by Gasteiger charge is -2.17. The van der Waals surface area contributed by atoms with Gasteiger partial charge in [0.1, 0.15) is 0 Å². The number of hydrogen-bond donors (Lipinski definition) is 1. The van der Waals surface area contributed by atoms with Gasteiger partial charge >= 0.3 is 0 Å². The van der Waals surface area contributed by atoms with Crippen molar-refractivity contribution >= 4 is 15.7 Å². The number of rotatable bonds is 2. The first-order valence-corrected chi connectivity index (χ1v) is 6.44. The van der Waals surface area contributed by atoms with E-state index in [1.54, 1.807) is 24.3 Å². The first-order chi connectivity index (χ1) is 7.13. The van der Waals surface area contributed by atoms with Gasteiger partial charge in [0.25, 0.3) is 0 Å². The fourth-order valence-corrected chi connectivity index (χ4v) is 3.30. The molecule has 0 aromatic heterocycles. The highest BCUT2D eigenvalue weighted by Crippen LogP contribution is 2.24. The molecule has 1 saturated heterocycles. The second-order valence-electron chi connectivity index (χ2n) is 3.57. The molecule has 1 aliphatic rings. The third kappa shape index (κ3) is 1.98. The summed E-state index contributed by atoms with van der Waals surface area (Å²) in [6, 6.07) is 6.99. The zero-order valence-corrected chi connectivity index (χ0v) is 9.07. The number of aliphatic hydroxyl groups excluding tert-OH is 1. The van der Waals surface area contributed by atoms with Crippen molar-refractivity contribution < 1.29 is 13.5 Å². The molecule has 2 rings (SSSR count). The van der Waals surface area contributed by atoms with E-state index >= 15 is 0 Å². The van der Waals surface area contributed by atoms with Crippen molar-refractivity contribution in [1.29, 1.82) is 0 Å². The molecule has 0 aliphatic carbocycles. The normalized spacial score (nSPS) is 19.4. The Bertz CT molecular complexity index is 455. The number of nitrogens with zero attached hydrogens (tertiary/aromatic N) is 1. The molecule has 0 spiro atoms. The van der Waals surface area contributed by atoms with Crippen LogP contribution in [0.2, 0.25) is 0 Å². The molecule has 0 saturated carbocycles. The highest BCUT2D eigenvalue weighted by atomic mass is 32.2. The summed E-state index contributed by atoms with van der Waals surface area (Å²) >= 11 is 0. The van der Waals surface area contributed by atoms with Crippen molar-refractivity contribution in [3.05, 3.63) is 29.8 Å². The Hall–Kier alpha value is -1.07. The minimum absolute atomic E-state index is 0.0677. The topological polar surface area (TPSA) is 57.6 Å². The Morgan fingerprint density at radius 2 is 2.20 bits per heavy atom. The van der Waals surface area contributed by atoms with Gasteiger partial charge in [0.2, 0.25) is 10.0 Å². The summed E-state index contributed by atoms with van der Waals surface area (Å²) in [5, 5.41) is 8.97. The number of aliphatic hydroxyl groups is 1.